The molecule has 0 fully saturated rings. The summed E-state index contributed by atoms with van der Waals surface area (Å²) in [7, 11) is 0. The zero-order chi connectivity index (χ0) is 12.5. The Morgan fingerprint density at radius 3 is 3.06 bits per heavy atom. The van der Waals surface area contributed by atoms with Crippen LogP contribution in [0.5, 0.6) is 0 Å². The molecule has 0 saturated heterocycles. The van der Waals surface area contributed by atoms with Crippen LogP contribution in [-0.2, 0) is 6.42 Å². The molecule has 1 nitrogen and oxygen atoms in total. The highest BCUT2D eigenvalue weighted by atomic mass is 127. The fraction of sp³-hybridized carbons (Fsp3) is 0.333. The zero-order valence-corrected chi connectivity index (χ0v) is 13.3. The number of hydrogen-bond acceptors (Lipinski definition) is 2. The van der Waals surface area contributed by atoms with E-state index in [0.29, 0.717) is 6.04 Å². The second kappa shape index (κ2) is 5.21. The van der Waals surface area contributed by atoms with E-state index in [1.54, 1.807) is 4.88 Å². The smallest absolute Gasteiger partial charge is 0.0525 e. The maximum absolute atomic E-state index is 3.72. The summed E-state index contributed by atoms with van der Waals surface area (Å²) in [6.07, 6.45) is 3.81. The quantitative estimate of drug-likeness (QED) is 0.722. The van der Waals surface area contributed by atoms with E-state index >= 15 is 0 Å². The summed E-state index contributed by atoms with van der Waals surface area (Å²) in [5, 5.41) is 5.95. The predicted octanol–water partition coefficient (Wildman–Crippen LogP) is 5.15. The van der Waals surface area contributed by atoms with Crippen molar-refractivity contribution in [1.82, 2.24) is 0 Å². The van der Waals surface area contributed by atoms with Crippen LogP contribution in [0.4, 0.5) is 5.69 Å². The molecule has 1 N–H and O–H groups in total. The lowest BCUT2D eigenvalue weighted by Gasteiger charge is -2.25. The van der Waals surface area contributed by atoms with Gasteiger partial charge in [-0.3, -0.25) is 0 Å². The third-order valence-electron chi connectivity index (χ3n) is 3.57. The van der Waals surface area contributed by atoms with E-state index in [1.165, 1.54) is 39.6 Å². The summed E-state index contributed by atoms with van der Waals surface area (Å²) >= 11 is 4.27. The Labute approximate surface area is 126 Å². The average Bonchev–Trinajstić information content (AvgIpc) is 2.82. The molecule has 1 aliphatic carbocycles. The molecule has 18 heavy (non-hydrogen) atoms. The number of halogens is 1. The van der Waals surface area contributed by atoms with E-state index in [4.69, 9.17) is 0 Å². The fourth-order valence-corrected chi connectivity index (χ4v) is 4.25. The van der Waals surface area contributed by atoms with E-state index in [2.05, 4.69) is 64.5 Å². The SMILES string of the molecule is Cc1cc(I)ccc1NC1CCCc2sccc21. The molecule has 0 radical (unpaired) electrons. The van der Waals surface area contributed by atoms with Gasteiger partial charge in [-0.05, 0) is 89.5 Å². The number of aryl methyl sites for hydroxylation is 2. The zero-order valence-electron chi connectivity index (χ0n) is 10.4. The largest absolute Gasteiger partial charge is 0.378 e. The lowest BCUT2D eigenvalue weighted by Crippen LogP contribution is -2.16. The van der Waals surface area contributed by atoms with Crippen LogP contribution in [0, 0.1) is 10.5 Å². The van der Waals surface area contributed by atoms with Crippen LogP contribution in [0.2, 0.25) is 0 Å². The molecule has 0 saturated carbocycles. The Hall–Kier alpha value is -0.550. The number of thiophene rings is 1. The van der Waals surface area contributed by atoms with E-state index < -0.39 is 0 Å². The van der Waals surface area contributed by atoms with Gasteiger partial charge in [0.15, 0.2) is 0 Å². The van der Waals surface area contributed by atoms with Gasteiger partial charge >= 0.3 is 0 Å². The van der Waals surface area contributed by atoms with Gasteiger partial charge in [-0.25, -0.2) is 0 Å². The van der Waals surface area contributed by atoms with Gasteiger partial charge in [0, 0.05) is 14.1 Å². The van der Waals surface area contributed by atoms with Gasteiger partial charge in [0.1, 0.15) is 0 Å². The van der Waals surface area contributed by atoms with Gasteiger partial charge in [-0.2, -0.15) is 0 Å². The van der Waals surface area contributed by atoms with E-state index in [0.717, 1.165) is 0 Å². The first kappa shape index (κ1) is 12.5. The lowest BCUT2D eigenvalue weighted by atomic mass is 9.93. The monoisotopic (exact) mass is 369 g/mol. The van der Waals surface area contributed by atoms with Crippen molar-refractivity contribution < 1.29 is 0 Å². The number of hydrogen-bond donors (Lipinski definition) is 1. The Kier molecular flexibility index (Phi) is 3.61. The third-order valence-corrected chi connectivity index (χ3v) is 5.24. The van der Waals surface area contributed by atoms with Crippen molar-refractivity contribution in [2.75, 3.05) is 5.32 Å². The van der Waals surface area contributed by atoms with Gasteiger partial charge in [-0.15, -0.1) is 11.3 Å². The van der Waals surface area contributed by atoms with Gasteiger partial charge in [0.2, 0.25) is 0 Å². The molecular formula is C15H16INS. The Morgan fingerprint density at radius 1 is 1.33 bits per heavy atom. The van der Waals surface area contributed by atoms with Crippen molar-refractivity contribution in [3.8, 4) is 0 Å². The van der Waals surface area contributed by atoms with Crippen molar-refractivity contribution in [2.45, 2.75) is 32.2 Å². The van der Waals surface area contributed by atoms with Crippen molar-refractivity contribution in [3.63, 3.8) is 0 Å². The number of rotatable bonds is 2. The third kappa shape index (κ3) is 2.43. The second-order valence-corrected chi connectivity index (χ2v) is 7.09. The van der Waals surface area contributed by atoms with E-state index in [1.807, 2.05) is 11.3 Å². The van der Waals surface area contributed by atoms with E-state index in [-0.39, 0.29) is 0 Å². The Morgan fingerprint density at radius 2 is 2.22 bits per heavy atom. The normalized spacial score (nSPS) is 18.4. The predicted molar refractivity (Wildman–Crippen MR) is 87.5 cm³/mol. The van der Waals surface area contributed by atoms with Crippen LogP contribution in [-0.4, -0.2) is 0 Å². The van der Waals surface area contributed by atoms with Crippen LogP contribution in [0.1, 0.15) is 34.9 Å². The Bertz CT molecular complexity index is 561. The summed E-state index contributed by atoms with van der Waals surface area (Å²) in [5.74, 6) is 0. The molecule has 1 aromatic heterocycles. The standard InChI is InChI=1S/C15H16INS/c1-10-9-11(16)5-6-13(10)17-14-3-2-4-15-12(14)7-8-18-15/h5-9,14,17H,2-4H2,1H3. The van der Waals surface area contributed by atoms with Gasteiger partial charge in [0.25, 0.3) is 0 Å². The lowest BCUT2D eigenvalue weighted by molar-refractivity contribution is 0.608. The minimum absolute atomic E-state index is 0.499. The van der Waals surface area contributed by atoms with Gasteiger partial charge in [0.05, 0.1) is 6.04 Å². The van der Waals surface area contributed by atoms with Crippen LogP contribution in [0.25, 0.3) is 0 Å². The van der Waals surface area contributed by atoms with Crippen molar-refractivity contribution >= 4 is 39.6 Å². The fourth-order valence-electron chi connectivity index (χ4n) is 2.61. The summed E-state index contributed by atoms with van der Waals surface area (Å²) in [6, 6.07) is 9.41. The summed E-state index contributed by atoms with van der Waals surface area (Å²) in [4.78, 5) is 1.57. The number of nitrogens with one attached hydrogen (secondary N) is 1. The highest BCUT2D eigenvalue weighted by molar-refractivity contribution is 14.1. The second-order valence-electron chi connectivity index (χ2n) is 4.85. The van der Waals surface area contributed by atoms with Crippen molar-refractivity contribution in [1.29, 1.82) is 0 Å². The number of fused-ring (bicyclic) bond motifs is 1. The number of anilines is 1. The maximum Gasteiger partial charge on any atom is 0.0525 e. The summed E-state index contributed by atoms with van der Waals surface area (Å²) in [6.45, 7) is 2.18. The molecule has 0 spiro atoms. The highest BCUT2D eigenvalue weighted by Gasteiger charge is 2.21. The molecule has 3 heteroatoms. The average molecular weight is 369 g/mol. The molecule has 2 aromatic rings. The molecular weight excluding hydrogens is 353 g/mol. The summed E-state index contributed by atoms with van der Waals surface area (Å²) < 4.78 is 1.30. The highest BCUT2D eigenvalue weighted by Crippen LogP contribution is 2.36. The Balaban J connectivity index is 1.86. The summed E-state index contributed by atoms with van der Waals surface area (Å²) in [5.41, 5.74) is 4.13. The van der Waals surface area contributed by atoms with Crippen LogP contribution < -0.4 is 5.32 Å². The molecule has 1 atom stereocenters. The molecule has 0 amide bonds. The molecule has 94 valence electrons. The topological polar surface area (TPSA) is 12.0 Å². The van der Waals surface area contributed by atoms with Crippen molar-refractivity contribution in [2.24, 2.45) is 0 Å². The minimum Gasteiger partial charge on any atom is -0.378 e. The maximum atomic E-state index is 3.72. The van der Waals surface area contributed by atoms with Crippen molar-refractivity contribution in [3.05, 3.63) is 49.2 Å². The molecule has 0 aliphatic heterocycles. The van der Waals surface area contributed by atoms with Crippen LogP contribution >= 0.6 is 33.9 Å². The van der Waals surface area contributed by atoms with Crippen LogP contribution in [0.15, 0.2) is 29.6 Å². The molecule has 1 aromatic carbocycles. The van der Waals surface area contributed by atoms with Gasteiger partial charge < -0.3 is 5.32 Å². The molecule has 0 bridgehead atoms. The van der Waals surface area contributed by atoms with E-state index in [9.17, 15) is 0 Å². The van der Waals surface area contributed by atoms with Gasteiger partial charge in [-0.1, -0.05) is 0 Å². The molecule has 1 aliphatic rings. The first-order valence-electron chi connectivity index (χ1n) is 6.33. The molecule has 3 rings (SSSR count). The minimum atomic E-state index is 0.499. The van der Waals surface area contributed by atoms with Crippen LogP contribution in [0.3, 0.4) is 0 Å². The molecule has 1 heterocycles. The molecule has 1 unspecified atom stereocenters. The first-order chi connectivity index (χ1) is 8.74. The first-order valence-corrected chi connectivity index (χ1v) is 8.29. The number of benzene rings is 1.